The van der Waals surface area contributed by atoms with Crippen LogP contribution in [0.15, 0.2) is 24.3 Å². The summed E-state index contributed by atoms with van der Waals surface area (Å²) in [6.45, 7) is 2.43. The molecule has 0 aromatic heterocycles. The predicted molar refractivity (Wildman–Crippen MR) is 89.6 cm³/mol. The van der Waals surface area contributed by atoms with Gasteiger partial charge in [-0.25, -0.2) is 8.42 Å². The highest BCUT2D eigenvalue weighted by molar-refractivity contribution is 7.88. The van der Waals surface area contributed by atoms with Crippen molar-refractivity contribution in [1.82, 2.24) is 4.31 Å². The van der Waals surface area contributed by atoms with Gasteiger partial charge in [-0.15, -0.1) is 0 Å². The summed E-state index contributed by atoms with van der Waals surface area (Å²) in [6, 6.07) is 7.33. The molecular weight excluding hydrogens is 304 g/mol. The van der Waals surface area contributed by atoms with Crippen LogP contribution in [0.3, 0.4) is 0 Å². The van der Waals surface area contributed by atoms with Crippen molar-refractivity contribution < 1.29 is 8.42 Å². The van der Waals surface area contributed by atoms with Gasteiger partial charge in [0.1, 0.15) is 4.99 Å². The Bertz CT molecular complexity index is 608. The molecule has 0 atom stereocenters. The van der Waals surface area contributed by atoms with Crippen LogP contribution in [0.2, 0.25) is 0 Å². The van der Waals surface area contributed by atoms with Crippen LogP contribution in [-0.2, 0) is 15.8 Å². The van der Waals surface area contributed by atoms with Crippen molar-refractivity contribution in [3.63, 3.8) is 0 Å². The Balaban J connectivity index is 2.19. The molecule has 2 N–H and O–H groups in total. The number of sulfonamides is 1. The Morgan fingerprint density at radius 2 is 2.05 bits per heavy atom. The minimum absolute atomic E-state index is 0.00773. The van der Waals surface area contributed by atoms with E-state index in [1.54, 1.807) is 22.5 Å². The summed E-state index contributed by atoms with van der Waals surface area (Å²) in [5.41, 5.74) is 7.05. The molecule has 2 rings (SSSR count). The van der Waals surface area contributed by atoms with E-state index in [-0.39, 0.29) is 16.8 Å². The third-order valence-electron chi connectivity index (χ3n) is 3.96. The number of hydrogen-bond donors (Lipinski definition) is 1. The van der Waals surface area contributed by atoms with E-state index >= 15 is 0 Å². The molecule has 1 saturated carbocycles. The first-order valence-corrected chi connectivity index (χ1v) is 9.34. The SMILES string of the molecule is CCN(C1CCCC1)S(=O)(=O)Cc1cccc(C(N)=S)c1. The van der Waals surface area contributed by atoms with Gasteiger partial charge in [0.25, 0.3) is 0 Å². The van der Waals surface area contributed by atoms with Crippen molar-refractivity contribution in [2.24, 2.45) is 5.73 Å². The van der Waals surface area contributed by atoms with E-state index in [1.165, 1.54) is 0 Å². The lowest BCUT2D eigenvalue weighted by Crippen LogP contribution is -2.39. The quantitative estimate of drug-likeness (QED) is 0.816. The Morgan fingerprint density at radius 1 is 1.38 bits per heavy atom. The molecule has 0 amide bonds. The Hall–Kier alpha value is -0.980. The molecule has 0 spiro atoms. The Kier molecular flexibility index (Phi) is 5.35. The van der Waals surface area contributed by atoms with E-state index < -0.39 is 10.0 Å². The molecule has 1 aromatic carbocycles. The van der Waals surface area contributed by atoms with Crippen LogP contribution in [0.1, 0.15) is 43.7 Å². The molecule has 0 bridgehead atoms. The molecule has 116 valence electrons. The topological polar surface area (TPSA) is 63.4 Å². The highest BCUT2D eigenvalue weighted by Crippen LogP contribution is 2.26. The summed E-state index contributed by atoms with van der Waals surface area (Å²) >= 11 is 4.94. The number of benzene rings is 1. The molecule has 0 heterocycles. The predicted octanol–water partition coefficient (Wildman–Crippen LogP) is 2.42. The van der Waals surface area contributed by atoms with Crippen molar-refractivity contribution in [2.45, 2.75) is 44.4 Å². The maximum Gasteiger partial charge on any atom is 0.218 e. The highest BCUT2D eigenvalue weighted by atomic mass is 32.2. The van der Waals surface area contributed by atoms with E-state index in [4.69, 9.17) is 18.0 Å². The molecule has 0 aliphatic heterocycles. The first-order valence-electron chi connectivity index (χ1n) is 7.32. The van der Waals surface area contributed by atoms with Crippen LogP contribution >= 0.6 is 12.2 Å². The normalized spacial score (nSPS) is 16.5. The second-order valence-corrected chi connectivity index (χ2v) is 7.82. The summed E-state index contributed by atoms with van der Waals surface area (Å²) in [4.78, 5) is 0.289. The van der Waals surface area contributed by atoms with Gasteiger partial charge in [0.2, 0.25) is 10.0 Å². The lowest BCUT2D eigenvalue weighted by Gasteiger charge is -2.26. The van der Waals surface area contributed by atoms with E-state index in [0.29, 0.717) is 12.1 Å². The van der Waals surface area contributed by atoms with Gasteiger partial charge in [-0.2, -0.15) is 4.31 Å². The number of nitrogens with zero attached hydrogens (tertiary/aromatic N) is 1. The van der Waals surface area contributed by atoms with Crippen molar-refractivity contribution in [3.8, 4) is 0 Å². The van der Waals surface area contributed by atoms with Gasteiger partial charge >= 0.3 is 0 Å². The molecule has 0 unspecified atom stereocenters. The molecule has 0 saturated heterocycles. The fourth-order valence-corrected chi connectivity index (χ4v) is 4.93. The fourth-order valence-electron chi connectivity index (χ4n) is 2.98. The average molecular weight is 326 g/mol. The van der Waals surface area contributed by atoms with Crippen LogP contribution in [0, 0.1) is 0 Å². The zero-order valence-corrected chi connectivity index (χ0v) is 13.9. The number of nitrogens with two attached hydrogens (primary N) is 1. The molecule has 1 fully saturated rings. The molecular formula is C15H22N2O2S2. The Labute approximate surface area is 132 Å². The largest absolute Gasteiger partial charge is 0.389 e. The van der Waals surface area contributed by atoms with E-state index in [1.807, 2.05) is 13.0 Å². The average Bonchev–Trinajstić information content (AvgIpc) is 2.92. The van der Waals surface area contributed by atoms with Gasteiger partial charge in [-0.05, 0) is 24.5 Å². The van der Waals surface area contributed by atoms with Crippen LogP contribution in [0.4, 0.5) is 0 Å². The van der Waals surface area contributed by atoms with E-state index in [2.05, 4.69) is 0 Å². The van der Waals surface area contributed by atoms with Crippen molar-refractivity contribution in [3.05, 3.63) is 35.4 Å². The number of thiocarbonyl (C=S) groups is 1. The second kappa shape index (κ2) is 6.85. The second-order valence-electron chi connectivity index (χ2n) is 5.46. The summed E-state index contributed by atoms with van der Waals surface area (Å²) in [7, 11) is -3.30. The van der Waals surface area contributed by atoms with Crippen molar-refractivity contribution in [2.75, 3.05) is 6.54 Å². The first kappa shape index (κ1) is 16.4. The third-order valence-corrected chi connectivity index (χ3v) is 6.17. The van der Waals surface area contributed by atoms with Crippen LogP contribution in [0.25, 0.3) is 0 Å². The lowest BCUT2D eigenvalue weighted by molar-refractivity contribution is 0.335. The first-order chi connectivity index (χ1) is 9.94. The van der Waals surface area contributed by atoms with Crippen LogP contribution < -0.4 is 5.73 Å². The lowest BCUT2D eigenvalue weighted by atomic mass is 10.1. The van der Waals surface area contributed by atoms with Gasteiger partial charge in [0.15, 0.2) is 0 Å². The number of hydrogen-bond acceptors (Lipinski definition) is 3. The number of rotatable bonds is 6. The maximum atomic E-state index is 12.7. The minimum atomic E-state index is -3.30. The minimum Gasteiger partial charge on any atom is -0.389 e. The van der Waals surface area contributed by atoms with Crippen LogP contribution in [0.5, 0.6) is 0 Å². The molecule has 4 nitrogen and oxygen atoms in total. The van der Waals surface area contributed by atoms with Gasteiger partial charge in [-0.1, -0.05) is 50.2 Å². The molecule has 6 heteroatoms. The summed E-state index contributed by atoms with van der Waals surface area (Å²) < 4.78 is 27.0. The Morgan fingerprint density at radius 3 is 2.62 bits per heavy atom. The van der Waals surface area contributed by atoms with Crippen molar-refractivity contribution >= 4 is 27.2 Å². The monoisotopic (exact) mass is 326 g/mol. The smallest absolute Gasteiger partial charge is 0.218 e. The summed E-state index contributed by atoms with van der Waals surface area (Å²) in [5.74, 6) is 0.00773. The fraction of sp³-hybridized carbons (Fsp3) is 0.533. The van der Waals surface area contributed by atoms with Gasteiger partial charge in [-0.3, -0.25) is 0 Å². The maximum absolute atomic E-state index is 12.7. The van der Waals surface area contributed by atoms with Crippen molar-refractivity contribution in [1.29, 1.82) is 0 Å². The molecule has 1 aliphatic rings. The highest BCUT2D eigenvalue weighted by Gasteiger charge is 2.30. The summed E-state index contributed by atoms with van der Waals surface area (Å²) in [6.07, 6.45) is 4.18. The van der Waals surface area contributed by atoms with Gasteiger partial charge < -0.3 is 5.73 Å². The van der Waals surface area contributed by atoms with Gasteiger partial charge in [0, 0.05) is 18.2 Å². The van der Waals surface area contributed by atoms with Gasteiger partial charge in [0.05, 0.1) is 5.75 Å². The standard InChI is InChI=1S/C15H22N2O2S2/c1-2-17(14-8-3-4-9-14)21(18,19)11-12-6-5-7-13(10-12)15(16)20/h5-7,10,14H,2-4,8-9,11H2,1H3,(H2,16,20). The zero-order valence-electron chi connectivity index (χ0n) is 12.3. The molecule has 1 aromatic rings. The summed E-state index contributed by atoms with van der Waals surface area (Å²) in [5, 5.41) is 0. The van der Waals surface area contributed by atoms with E-state index in [0.717, 1.165) is 31.2 Å². The van der Waals surface area contributed by atoms with E-state index in [9.17, 15) is 8.42 Å². The molecule has 21 heavy (non-hydrogen) atoms. The molecule has 1 aliphatic carbocycles. The molecule has 0 radical (unpaired) electrons. The third kappa shape index (κ3) is 4.02. The van der Waals surface area contributed by atoms with Crippen LogP contribution in [-0.4, -0.2) is 30.3 Å². The zero-order chi connectivity index (χ0) is 15.5.